The molecule has 0 saturated heterocycles. The Morgan fingerprint density at radius 1 is 1.23 bits per heavy atom. The number of aromatic nitrogens is 4. The average Bonchev–Trinajstić information content (AvgIpc) is 3.11. The minimum atomic E-state index is -0.438. The molecule has 26 heavy (non-hydrogen) atoms. The van der Waals surface area contributed by atoms with E-state index in [0.717, 1.165) is 0 Å². The van der Waals surface area contributed by atoms with Gasteiger partial charge >= 0.3 is 0 Å². The van der Waals surface area contributed by atoms with Crippen LogP contribution in [0, 0.1) is 0 Å². The first-order valence-electron chi connectivity index (χ1n) is 8.05. The predicted octanol–water partition coefficient (Wildman–Crippen LogP) is 1.94. The van der Waals surface area contributed by atoms with E-state index in [4.69, 9.17) is 5.73 Å². The smallest absolute Gasteiger partial charge is 0.246 e. The molecule has 0 fully saturated rings. The second-order valence-electron chi connectivity index (χ2n) is 6.16. The second kappa shape index (κ2) is 6.83. The zero-order chi connectivity index (χ0) is 18.8. The van der Waals surface area contributed by atoms with Crippen molar-refractivity contribution in [3.63, 3.8) is 0 Å². The maximum absolute atomic E-state index is 12.1. The molecule has 0 unspecified atom stereocenters. The Hall–Kier alpha value is -3.42. The first-order valence-corrected chi connectivity index (χ1v) is 8.05. The van der Waals surface area contributed by atoms with Crippen molar-refractivity contribution < 1.29 is 9.90 Å². The highest BCUT2D eigenvalue weighted by Gasteiger charge is 2.19. The van der Waals surface area contributed by atoms with Crippen LogP contribution in [0.25, 0.3) is 22.4 Å². The van der Waals surface area contributed by atoms with E-state index in [1.165, 1.54) is 4.90 Å². The van der Waals surface area contributed by atoms with Crippen LogP contribution in [-0.4, -0.2) is 50.0 Å². The number of carbonyl (C=O) groups excluding carboxylic acids is 1. The third kappa shape index (κ3) is 3.21. The summed E-state index contributed by atoms with van der Waals surface area (Å²) >= 11 is 0. The fourth-order valence-corrected chi connectivity index (χ4v) is 2.63. The van der Waals surface area contributed by atoms with Crippen molar-refractivity contribution in [3.05, 3.63) is 42.7 Å². The number of nitrogen functional groups attached to an aromatic ring is 1. The van der Waals surface area contributed by atoms with Crippen LogP contribution in [0.4, 0.5) is 5.82 Å². The standard InChI is InChI=1S/C18H20N6O2/c1-11(18(26)23(2)3)24-10-12(9-20-24)14-8-15(21-22-17(14)19)13-6-4-5-7-16(13)25/h4-11,25H,1-3H3,(H2,19,22)/t11-/m0/s1. The Morgan fingerprint density at radius 3 is 2.65 bits per heavy atom. The molecular weight excluding hydrogens is 332 g/mol. The Morgan fingerprint density at radius 2 is 1.96 bits per heavy atom. The summed E-state index contributed by atoms with van der Waals surface area (Å²) in [6, 6.07) is 8.18. The van der Waals surface area contributed by atoms with Gasteiger partial charge in [-0.3, -0.25) is 9.48 Å². The number of para-hydroxylation sites is 1. The fraction of sp³-hybridized carbons (Fsp3) is 0.222. The van der Waals surface area contributed by atoms with E-state index in [1.54, 1.807) is 68.4 Å². The molecule has 0 aliphatic rings. The van der Waals surface area contributed by atoms with Crippen LogP contribution in [-0.2, 0) is 4.79 Å². The lowest BCUT2D eigenvalue weighted by molar-refractivity contribution is -0.131. The van der Waals surface area contributed by atoms with Gasteiger partial charge in [0, 0.05) is 37.0 Å². The number of rotatable bonds is 4. The third-order valence-corrected chi connectivity index (χ3v) is 4.11. The number of aromatic hydroxyl groups is 1. The zero-order valence-corrected chi connectivity index (χ0v) is 14.8. The molecule has 1 amide bonds. The fourth-order valence-electron chi connectivity index (χ4n) is 2.63. The first-order chi connectivity index (χ1) is 12.4. The van der Waals surface area contributed by atoms with Crippen LogP contribution in [0.3, 0.4) is 0 Å². The highest BCUT2D eigenvalue weighted by Crippen LogP contribution is 2.32. The monoisotopic (exact) mass is 352 g/mol. The van der Waals surface area contributed by atoms with E-state index in [0.29, 0.717) is 22.4 Å². The van der Waals surface area contributed by atoms with Gasteiger partial charge in [0.25, 0.3) is 0 Å². The molecule has 2 heterocycles. The number of benzene rings is 1. The summed E-state index contributed by atoms with van der Waals surface area (Å²) in [4.78, 5) is 13.6. The van der Waals surface area contributed by atoms with Crippen molar-refractivity contribution >= 4 is 11.7 Å². The molecule has 8 nitrogen and oxygen atoms in total. The molecule has 3 aromatic rings. The maximum Gasteiger partial charge on any atom is 0.246 e. The van der Waals surface area contributed by atoms with Crippen molar-refractivity contribution in [2.75, 3.05) is 19.8 Å². The normalized spacial score (nSPS) is 12.0. The van der Waals surface area contributed by atoms with E-state index >= 15 is 0 Å². The third-order valence-electron chi connectivity index (χ3n) is 4.11. The van der Waals surface area contributed by atoms with E-state index in [1.807, 2.05) is 0 Å². The van der Waals surface area contributed by atoms with Gasteiger partial charge < -0.3 is 15.7 Å². The number of nitrogens with two attached hydrogens (primary N) is 1. The number of phenolic OH excluding ortho intramolecular Hbond substituents is 1. The number of anilines is 1. The lowest BCUT2D eigenvalue weighted by Crippen LogP contribution is -2.30. The lowest BCUT2D eigenvalue weighted by Gasteiger charge is -2.16. The van der Waals surface area contributed by atoms with Crippen LogP contribution in [0.1, 0.15) is 13.0 Å². The van der Waals surface area contributed by atoms with Gasteiger partial charge in [-0.25, -0.2) is 0 Å². The van der Waals surface area contributed by atoms with Gasteiger partial charge in [0.2, 0.25) is 5.91 Å². The minimum absolute atomic E-state index is 0.0598. The number of hydrogen-bond acceptors (Lipinski definition) is 6. The number of nitrogens with zero attached hydrogens (tertiary/aromatic N) is 5. The summed E-state index contributed by atoms with van der Waals surface area (Å²) in [7, 11) is 3.40. The van der Waals surface area contributed by atoms with Crippen LogP contribution in [0.2, 0.25) is 0 Å². The summed E-state index contributed by atoms with van der Waals surface area (Å²) in [5.41, 5.74) is 8.39. The molecular formula is C18H20N6O2. The van der Waals surface area contributed by atoms with Crippen LogP contribution >= 0.6 is 0 Å². The van der Waals surface area contributed by atoms with Crippen molar-refractivity contribution in [1.82, 2.24) is 24.9 Å². The van der Waals surface area contributed by atoms with Gasteiger partial charge in [0.05, 0.1) is 11.9 Å². The molecule has 0 aliphatic carbocycles. The maximum atomic E-state index is 12.1. The van der Waals surface area contributed by atoms with Gasteiger partial charge in [-0.2, -0.15) is 5.10 Å². The summed E-state index contributed by atoms with van der Waals surface area (Å²) in [5, 5.41) is 22.4. The lowest BCUT2D eigenvalue weighted by atomic mass is 10.1. The molecule has 2 aromatic heterocycles. The molecule has 0 bridgehead atoms. The largest absolute Gasteiger partial charge is 0.507 e. The Kier molecular flexibility index (Phi) is 4.57. The van der Waals surface area contributed by atoms with Crippen molar-refractivity contribution in [1.29, 1.82) is 0 Å². The molecule has 134 valence electrons. The summed E-state index contributed by atoms with van der Waals surface area (Å²) in [5.74, 6) is 0.295. The summed E-state index contributed by atoms with van der Waals surface area (Å²) in [6.45, 7) is 1.78. The summed E-state index contributed by atoms with van der Waals surface area (Å²) in [6.07, 6.45) is 3.37. The van der Waals surface area contributed by atoms with Crippen LogP contribution in [0.15, 0.2) is 42.7 Å². The van der Waals surface area contributed by atoms with Gasteiger partial charge in [0.15, 0.2) is 5.82 Å². The van der Waals surface area contributed by atoms with Gasteiger partial charge in [-0.1, -0.05) is 12.1 Å². The molecule has 3 N–H and O–H groups in total. The van der Waals surface area contributed by atoms with Gasteiger partial charge in [-0.05, 0) is 25.1 Å². The van der Waals surface area contributed by atoms with Crippen molar-refractivity contribution in [3.8, 4) is 28.1 Å². The highest BCUT2D eigenvalue weighted by atomic mass is 16.3. The summed E-state index contributed by atoms with van der Waals surface area (Å²) < 4.78 is 1.58. The number of likely N-dealkylation sites (N-methyl/N-ethyl adjacent to an activating group) is 1. The first kappa shape index (κ1) is 17.4. The number of hydrogen-bond donors (Lipinski definition) is 2. The Labute approximate surface area is 150 Å². The van der Waals surface area contributed by atoms with E-state index < -0.39 is 6.04 Å². The molecule has 3 rings (SSSR count). The average molecular weight is 352 g/mol. The molecule has 0 radical (unpaired) electrons. The van der Waals surface area contributed by atoms with Crippen LogP contribution < -0.4 is 5.73 Å². The van der Waals surface area contributed by atoms with Crippen molar-refractivity contribution in [2.45, 2.75) is 13.0 Å². The topological polar surface area (TPSA) is 110 Å². The number of carbonyl (C=O) groups is 1. The number of amides is 1. The second-order valence-corrected chi connectivity index (χ2v) is 6.16. The predicted molar refractivity (Wildman–Crippen MR) is 98.2 cm³/mol. The molecule has 8 heteroatoms. The molecule has 0 saturated carbocycles. The highest BCUT2D eigenvalue weighted by molar-refractivity contribution is 5.81. The zero-order valence-electron chi connectivity index (χ0n) is 14.8. The minimum Gasteiger partial charge on any atom is -0.507 e. The SMILES string of the molecule is C[C@@H](C(=O)N(C)C)n1cc(-c2cc(-c3ccccc3O)nnc2N)cn1. The molecule has 0 spiro atoms. The number of phenols is 1. The van der Waals surface area contributed by atoms with Crippen molar-refractivity contribution in [2.24, 2.45) is 0 Å². The van der Waals surface area contributed by atoms with Crippen LogP contribution in [0.5, 0.6) is 5.75 Å². The molecule has 1 aromatic carbocycles. The molecule has 1 atom stereocenters. The van der Waals surface area contributed by atoms with E-state index in [-0.39, 0.29) is 17.5 Å². The quantitative estimate of drug-likeness (QED) is 0.742. The van der Waals surface area contributed by atoms with Gasteiger partial charge in [0.1, 0.15) is 11.8 Å². The molecule has 0 aliphatic heterocycles. The van der Waals surface area contributed by atoms with E-state index in [2.05, 4.69) is 15.3 Å². The van der Waals surface area contributed by atoms with Gasteiger partial charge in [-0.15, -0.1) is 10.2 Å². The Bertz CT molecular complexity index is 950. The van der Waals surface area contributed by atoms with E-state index in [9.17, 15) is 9.90 Å². The Balaban J connectivity index is 1.99.